The number of piperidine rings is 1. The van der Waals surface area contributed by atoms with Crippen molar-refractivity contribution in [3.8, 4) is 5.88 Å². The Morgan fingerprint density at radius 1 is 1.26 bits per heavy atom. The molecule has 2 aliphatic carbocycles. The maximum atomic E-state index is 12.5. The van der Waals surface area contributed by atoms with Crippen molar-refractivity contribution in [1.82, 2.24) is 9.97 Å². The van der Waals surface area contributed by atoms with Gasteiger partial charge in [-0.15, -0.1) is 0 Å². The number of aromatic nitrogens is 2. The van der Waals surface area contributed by atoms with Crippen LogP contribution in [0.1, 0.15) is 43.6 Å². The first-order chi connectivity index (χ1) is 15.0. The highest BCUT2D eigenvalue weighted by Crippen LogP contribution is 2.49. The Hall–Kier alpha value is -1.90. The van der Waals surface area contributed by atoms with E-state index in [4.69, 9.17) is 21.3 Å². The summed E-state index contributed by atoms with van der Waals surface area (Å²) in [5, 5.41) is 14.1. The smallest absolute Gasteiger partial charge is 0.238 e. The fraction of sp³-hybridized carbons (Fsp3) is 0.545. The van der Waals surface area contributed by atoms with Crippen molar-refractivity contribution in [2.24, 2.45) is 5.92 Å². The summed E-state index contributed by atoms with van der Waals surface area (Å²) in [7, 11) is -1.29. The largest absolute Gasteiger partial charge is 0.463 e. The normalized spacial score (nSPS) is 30.1. The number of benzene rings is 1. The SMILES string of the molecule is O=[S@@]1COc2nc(N3CC4CC3CC4c3ccc(Cl)cc3)nc(NC3(CO)CCC3)c21. The number of nitrogens with zero attached hydrogens (tertiary/aromatic N) is 3. The average molecular weight is 461 g/mol. The molecule has 9 heteroatoms. The van der Waals surface area contributed by atoms with Crippen molar-refractivity contribution in [2.75, 3.05) is 29.3 Å². The number of anilines is 2. The highest BCUT2D eigenvalue weighted by molar-refractivity contribution is 7.85. The number of aliphatic hydroxyl groups is 1. The third-order valence-electron chi connectivity index (χ3n) is 7.45. The van der Waals surface area contributed by atoms with Gasteiger partial charge in [0, 0.05) is 17.6 Å². The van der Waals surface area contributed by atoms with E-state index in [9.17, 15) is 9.32 Å². The molecule has 2 N–H and O–H groups in total. The standard InChI is InChI=1S/C22H25ClN4O3S/c23-15-4-2-13(3-5-15)17-9-16-8-14(17)10-27(16)21-24-19(26-22(11-28)6-1-7-22)18-20(25-21)30-12-31(18)29/h2-5,14,16-17,28H,1,6-12H2,(H,24,25,26)/t14?,16?,17?,31-/m1/s1. The number of hydrogen-bond donors (Lipinski definition) is 2. The van der Waals surface area contributed by atoms with Gasteiger partial charge in [-0.05, 0) is 61.6 Å². The average Bonchev–Trinajstić information content (AvgIpc) is 3.45. The molecule has 2 bridgehead atoms. The summed E-state index contributed by atoms with van der Waals surface area (Å²) < 4.78 is 18.2. The summed E-state index contributed by atoms with van der Waals surface area (Å²) >= 11 is 6.06. The minimum atomic E-state index is -1.29. The minimum absolute atomic E-state index is 0.0335. The molecule has 3 heterocycles. The van der Waals surface area contributed by atoms with Crippen LogP contribution in [0.2, 0.25) is 5.02 Å². The van der Waals surface area contributed by atoms with E-state index in [1.54, 1.807) is 0 Å². The van der Waals surface area contributed by atoms with Crippen LogP contribution in [0.15, 0.2) is 29.2 Å². The molecule has 2 saturated carbocycles. The second kappa shape index (κ2) is 7.32. The van der Waals surface area contributed by atoms with Crippen molar-refractivity contribution < 1.29 is 14.1 Å². The van der Waals surface area contributed by atoms with Crippen molar-refractivity contribution in [3.63, 3.8) is 0 Å². The molecule has 31 heavy (non-hydrogen) atoms. The van der Waals surface area contributed by atoms with Gasteiger partial charge in [-0.25, -0.2) is 0 Å². The van der Waals surface area contributed by atoms with E-state index in [1.165, 1.54) is 5.56 Å². The summed E-state index contributed by atoms with van der Waals surface area (Å²) in [5.41, 5.74) is 0.970. The van der Waals surface area contributed by atoms with Gasteiger partial charge in [-0.2, -0.15) is 9.97 Å². The molecule has 0 radical (unpaired) electrons. The third-order valence-corrected chi connectivity index (χ3v) is 8.85. The maximum Gasteiger partial charge on any atom is 0.238 e. The lowest BCUT2D eigenvalue weighted by molar-refractivity contribution is 0.143. The predicted octanol–water partition coefficient (Wildman–Crippen LogP) is 3.30. The zero-order valence-electron chi connectivity index (χ0n) is 17.1. The Balaban J connectivity index is 1.28. The molecule has 3 unspecified atom stereocenters. The van der Waals surface area contributed by atoms with Gasteiger partial charge in [0.05, 0.1) is 12.1 Å². The summed E-state index contributed by atoms with van der Waals surface area (Å²) in [5.74, 6) is 2.79. The number of hydrogen-bond acceptors (Lipinski definition) is 7. The van der Waals surface area contributed by atoms with Crippen LogP contribution in [0.4, 0.5) is 11.8 Å². The Kier molecular flexibility index (Phi) is 4.67. The first-order valence-electron chi connectivity index (χ1n) is 10.9. The van der Waals surface area contributed by atoms with Crippen LogP contribution in [-0.2, 0) is 10.8 Å². The Morgan fingerprint density at radius 3 is 2.71 bits per heavy atom. The van der Waals surface area contributed by atoms with E-state index in [1.807, 2.05) is 12.1 Å². The number of nitrogens with one attached hydrogen (secondary N) is 1. The summed E-state index contributed by atoms with van der Waals surface area (Å²) in [6, 6.07) is 8.59. The van der Waals surface area contributed by atoms with Gasteiger partial charge >= 0.3 is 0 Å². The Morgan fingerprint density at radius 2 is 2.06 bits per heavy atom. The zero-order chi connectivity index (χ0) is 21.2. The molecule has 4 atom stereocenters. The van der Waals surface area contributed by atoms with Crippen molar-refractivity contribution in [3.05, 3.63) is 34.9 Å². The van der Waals surface area contributed by atoms with Gasteiger partial charge in [-0.1, -0.05) is 23.7 Å². The van der Waals surface area contributed by atoms with Gasteiger partial charge in [0.25, 0.3) is 0 Å². The van der Waals surface area contributed by atoms with Crippen molar-refractivity contribution in [1.29, 1.82) is 0 Å². The minimum Gasteiger partial charge on any atom is -0.463 e. The van der Waals surface area contributed by atoms with Crippen LogP contribution in [-0.4, -0.2) is 50.0 Å². The van der Waals surface area contributed by atoms with E-state index in [-0.39, 0.29) is 18.1 Å². The number of halogens is 1. The maximum absolute atomic E-state index is 12.5. The monoisotopic (exact) mass is 460 g/mol. The number of ether oxygens (including phenoxy) is 1. The lowest BCUT2D eigenvalue weighted by Gasteiger charge is -2.41. The molecule has 6 rings (SSSR count). The number of aliphatic hydroxyl groups excluding tert-OH is 1. The van der Waals surface area contributed by atoms with Crippen LogP contribution in [0.3, 0.4) is 0 Å². The molecule has 1 saturated heterocycles. The quantitative estimate of drug-likeness (QED) is 0.707. The van der Waals surface area contributed by atoms with Gasteiger partial charge in [0.1, 0.15) is 15.7 Å². The predicted molar refractivity (Wildman–Crippen MR) is 119 cm³/mol. The van der Waals surface area contributed by atoms with Crippen molar-refractivity contribution >= 4 is 34.2 Å². The molecule has 2 aliphatic heterocycles. The topological polar surface area (TPSA) is 87.6 Å². The van der Waals surface area contributed by atoms with E-state index < -0.39 is 10.8 Å². The number of fused-ring (bicyclic) bond motifs is 3. The van der Waals surface area contributed by atoms with E-state index >= 15 is 0 Å². The summed E-state index contributed by atoms with van der Waals surface area (Å²) in [6.07, 6.45) is 4.99. The molecule has 3 fully saturated rings. The fourth-order valence-electron chi connectivity index (χ4n) is 5.60. The second-order valence-corrected chi connectivity index (χ2v) is 11.0. The van der Waals surface area contributed by atoms with Gasteiger partial charge in [0.2, 0.25) is 11.8 Å². The molecular weight excluding hydrogens is 436 g/mol. The van der Waals surface area contributed by atoms with E-state index in [0.717, 1.165) is 43.7 Å². The molecule has 1 aromatic carbocycles. The summed E-state index contributed by atoms with van der Waals surface area (Å²) in [6.45, 7) is 0.927. The van der Waals surface area contributed by atoms with Crippen molar-refractivity contribution in [2.45, 2.75) is 54.5 Å². The van der Waals surface area contributed by atoms with Gasteiger partial charge in [0.15, 0.2) is 11.8 Å². The first kappa shape index (κ1) is 19.8. The molecule has 2 aromatic rings. The Labute approximate surface area is 188 Å². The van der Waals surface area contributed by atoms with Crippen LogP contribution in [0, 0.1) is 5.92 Å². The first-order valence-corrected chi connectivity index (χ1v) is 12.6. The molecule has 164 valence electrons. The van der Waals surface area contributed by atoms with Gasteiger partial charge < -0.3 is 20.1 Å². The highest BCUT2D eigenvalue weighted by Gasteiger charge is 2.47. The Bertz CT molecular complexity index is 1040. The molecule has 0 amide bonds. The van der Waals surface area contributed by atoms with Gasteiger partial charge in [-0.3, -0.25) is 4.21 Å². The molecule has 1 aromatic heterocycles. The summed E-state index contributed by atoms with van der Waals surface area (Å²) in [4.78, 5) is 12.3. The molecule has 4 aliphatic rings. The third kappa shape index (κ3) is 3.22. The molecular formula is C22H25ClN4O3S. The van der Waals surface area contributed by atoms with E-state index in [2.05, 4.69) is 27.3 Å². The van der Waals surface area contributed by atoms with Crippen LogP contribution >= 0.6 is 11.6 Å². The molecule has 0 spiro atoms. The highest BCUT2D eigenvalue weighted by atomic mass is 35.5. The van der Waals surface area contributed by atoms with Crippen LogP contribution < -0.4 is 15.0 Å². The van der Waals surface area contributed by atoms with E-state index in [0.29, 0.717) is 40.4 Å². The van der Waals surface area contributed by atoms with Crippen LogP contribution in [0.25, 0.3) is 0 Å². The lowest BCUT2D eigenvalue weighted by atomic mass is 9.77. The second-order valence-electron chi connectivity index (χ2n) is 9.23. The number of rotatable bonds is 5. The molecule has 7 nitrogen and oxygen atoms in total. The van der Waals surface area contributed by atoms with Crippen LogP contribution in [0.5, 0.6) is 5.88 Å². The fourth-order valence-corrected chi connectivity index (χ4v) is 6.67. The lowest BCUT2D eigenvalue weighted by Crippen LogP contribution is -2.48. The zero-order valence-corrected chi connectivity index (χ0v) is 18.7.